The lowest BCUT2D eigenvalue weighted by Crippen LogP contribution is -2.44. The SMILES string of the molecule is CC[C@@H](C)NC(=O)NC(=O)COC(=O)c1ccc(N2CCCCC2)c([N+](=O)[O-])c1. The summed E-state index contributed by atoms with van der Waals surface area (Å²) < 4.78 is 4.87. The standard InChI is InChI=1S/C19H26N4O6/c1-3-13(2)20-19(26)21-17(24)12-29-18(25)14-7-8-15(16(11-14)23(27)28)22-9-5-4-6-10-22/h7-8,11,13H,3-6,9-10,12H2,1-2H3,(H2,20,21,24,26)/t13-/m1/s1. The number of nitro benzene ring substituents is 1. The molecule has 0 unspecified atom stereocenters. The first kappa shape index (κ1) is 22.1. The number of nitrogens with zero attached hydrogens (tertiary/aromatic N) is 2. The number of esters is 1. The third-order valence-corrected chi connectivity index (χ3v) is 4.68. The Bertz CT molecular complexity index is 776. The van der Waals surface area contributed by atoms with Crippen LogP contribution in [0.3, 0.4) is 0 Å². The monoisotopic (exact) mass is 406 g/mol. The molecule has 3 amide bonds. The largest absolute Gasteiger partial charge is 0.452 e. The summed E-state index contributed by atoms with van der Waals surface area (Å²) in [7, 11) is 0. The van der Waals surface area contributed by atoms with Crippen LogP contribution in [0, 0.1) is 10.1 Å². The van der Waals surface area contributed by atoms with Crippen LogP contribution >= 0.6 is 0 Å². The highest BCUT2D eigenvalue weighted by atomic mass is 16.6. The number of urea groups is 1. The van der Waals surface area contributed by atoms with E-state index in [-0.39, 0.29) is 17.3 Å². The van der Waals surface area contributed by atoms with Crippen molar-refractivity contribution in [1.29, 1.82) is 0 Å². The second kappa shape index (κ2) is 10.4. The quantitative estimate of drug-likeness (QED) is 0.404. The van der Waals surface area contributed by atoms with Gasteiger partial charge in [-0.2, -0.15) is 0 Å². The highest BCUT2D eigenvalue weighted by molar-refractivity contribution is 5.97. The van der Waals surface area contributed by atoms with Crippen molar-refractivity contribution in [1.82, 2.24) is 10.6 Å². The number of piperidine rings is 1. The summed E-state index contributed by atoms with van der Waals surface area (Å²) in [5, 5.41) is 16.1. The zero-order chi connectivity index (χ0) is 21.4. The topological polar surface area (TPSA) is 131 Å². The first-order chi connectivity index (χ1) is 13.8. The van der Waals surface area contributed by atoms with Crippen LogP contribution in [0.15, 0.2) is 18.2 Å². The highest BCUT2D eigenvalue weighted by Gasteiger charge is 2.24. The van der Waals surface area contributed by atoms with Crippen LogP contribution < -0.4 is 15.5 Å². The molecule has 1 aromatic rings. The molecule has 2 N–H and O–H groups in total. The summed E-state index contributed by atoms with van der Waals surface area (Å²) in [5.41, 5.74) is 0.249. The van der Waals surface area contributed by atoms with Gasteiger partial charge in [-0.3, -0.25) is 20.2 Å². The number of amides is 3. The van der Waals surface area contributed by atoms with Crippen LogP contribution in [-0.4, -0.2) is 48.6 Å². The van der Waals surface area contributed by atoms with E-state index in [4.69, 9.17) is 4.74 Å². The van der Waals surface area contributed by atoms with Gasteiger partial charge in [0, 0.05) is 25.2 Å². The van der Waals surface area contributed by atoms with Crippen LogP contribution in [0.2, 0.25) is 0 Å². The Kier molecular flexibility index (Phi) is 7.93. The van der Waals surface area contributed by atoms with Crippen LogP contribution in [-0.2, 0) is 9.53 Å². The van der Waals surface area contributed by atoms with E-state index in [0.717, 1.165) is 38.4 Å². The van der Waals surface area contributed by atoms with Crippen molar-refractivity contribution in [3.63, 3.8) is 0 Å². The molecule has 10 nitrogen and oxygen atoms in total. The molecule has 0 radical (unpaired) electrons. The molecule has 158 valence electrons. The minimum atomic E-state index is -0.879. The number of imide groups is 1. The summed E-state index contributed by atoms with van der Waals surface area (Å²) in [6.45, 7) is 4.44. The minimum Gasteiger partial charge on any atom is -0.452 e. The average Bonchev–Trinajstić information content (AvgIpc) is 2.71. The molecule has 2 rings (SSSR count). The Labute approximate surface area is 168 Å². The molecule has 0 aliphatic carbocycles. The molecule has 1 saturated heterocycles. The normalized spacial score (nSPS) is 14.6. The minimum absolute atomic E-state index is 0.0330. The molecule has 1 aliphatic heterocycles. The lowest BCUT2D eigenvalue weighted by molar-refractivity contribution is -0.384. The van der Waals surface area contributed by atoms with Crippen LogP contribution in [0.25, 0.3) is 0 Å². The van der Waals surface area contributed by atoms with Gasteiger partial charge < -0.3 is 15.0 Å². The third-order valence-electron chi connectivity index (χ3n) is 4.68. The maximum Gasteiger partial charge on any atom is 0.338 e. The predicted octanol–water partition coefficient (Wildman–Crippen LogP) is 2.37. The van der Waals surface area contributed by atoms with Gasteiger partial charge in [0.25, 0.3) is 11.6 Å². The van der Waals surface area contributed by atoms with E-state index >= 15 is 0 Å². The van der Waals surface area contributed by atoms with Gasteiger partial charge in [-0.05, 0) is 44.7 Å². The Morgan fingerprint density at radius 1 is 1.24 bits per heavy atom. The Morgan fingerprint density at radius 2 is 1.93 bits per heavy atom. The van der Waals surface area contributed by atoms with E-state index in [1.54, 1.807) is 6.92 Å². The lowest BCUT2D eigenvalue weighted by Gasteiger charge is -2.28. The molecule has 10 heteroatoms. The lowest BCUT2D eigenvalue weighted by atomic mass is 10.1. The summed E-state index contributed by atoms with van der Waals surface area (Å²) >= 11 is 0. The molecule has 0 bridgehead atoms. The number of rotatable bonds is 7. The van der Waals surface area contributed by atoms with Gasteiger partial charge in [0.15, 0.2) is 6.61 Å². The van der Waals surface area contributed by atoms with Crippen molar-refractivity contribution < 1.29 is 24.0 Å². The smallest absolute Gasteiger partial charge is 0.338 e. The molecule has 29 heavy (non-hydrogen) atoms. The summed E-state index contributed by atoms with van der Waals surface area (Å²) in [6, 6.07) is 3.33. The number of nitro groups is 1. The zero-order valence-corrected chi connectivity index (χ0v) is 16.6. The fourth-order valence-corrected chi connectivity index (χ4v) is 2.94. The fourth-order valence-electron chi connectivity index (χ4n) is 2.94. The van der Waals surface area contributed by atoms with E-state index < -0.39 is 29.4 Å². The molecule has 0 spiro atoms. The second-order valence-electron chi connectivity index (χ2n) is 6.92. The molecule has 1 aliphatic rings. The maximum absolute atomic E-state index is 12.2. The Balaban J connectivity index is 1.98. The second-order valence-corrected chi connectivity index (χ2v) is 6.92. The van der Waals surface area contributed by atoms with Gasteiger partial charge in [-0.1, -0.05) is 6.92 Å². The number of anilines is 1. The molecular weight excluding hydrogens is 380 g/mol. The summed E-state index contributed by atoms with van der Waals surface area (Å²) in [4.78, 5) is 48.3. The van der Waals surface area contributed by atoms with E-state index in [0.29, 0.717) is 12.1 Å². The van der Waals surface area contributed by atoms with Crippen molar-refractivity contribution in [3.8, 4) is 0 Å². The molecule has 0 saturated carbocycles. The van der Waals surface area contributed by atoms with Crippen LogP contribution in [0.1, 0.15) is 49.9 Å². The fraction of sp³-hybridized carbons (Fsp3) is 0.526. The van der Waals surface area contributed by atoms with Gasteiger partial charge in [0.2, 0.25) is 0 Å². The number of hydrogen-bond donors (Lipinski definition) is 2. The first-order valence-electron chi connectivity index (χ1n) is 9.62. The number of hydrogen-bond acceptors (Lipinski definition) is 7. The first-order valence-corrected chi connectivity index (χ1v) is 9.62. The number of ether oxygens (including phenoxy) is 1. The van der Waals surface area contributed by atoms with Gasteiger partial charge in [0.05, 0.1) is 10.5 Å². The predicted molar refractivity (Wildman–Crippen MR) is 106 cm³/mol. The van der Waals surface area contributed by atoms with Crippen molar-refractivity contribution in [2.45, 2.75) is 45.6 Å². The van der Waals surface area contributed by atoms with Crippen LogP contribution in [0.5, 0.6) is 0 Å². The number of benzene rings is 1. The number of carbonyl (C=O) groups is 3. The highest BCUT2D eigenvalue weighted by Crippen LogP contribution is 2.31. The van der Waals surface area contributed by atoms with Crippen molar-refractivity contribution in [3.05, 3.63) is 33.9 Å². The average molecular weight is 406 g/mol. The molecular formula is C19H26N4O6. The van der Waals surface area contributed by atoms with Gasteiger partial charge >= 0.3 is 12.0 Å². The van der Waals surface area contributed by atoms with Crippen LogP contribution in [0.4, 0.5) is 16.2 Å². The van der Waals surface area contributed by atoms with E-state index in [2.05, 4.69) is 10.6 Å². The van der Waals surface area contributed by atoms with E-state index in [1.165, 1.54) is 12.1 Å². The third kappa shape index (κ3) is 6.44. The van der Waals surface area contributed by atoms with Gasteiger partial charge in [-0.25, -0.2) is 9.59 Å². The van der Waals surface area contributed by atoms with Crippen molar-refractivity contribution in [2.24, 2.45) is 0 Å². The van der Waals surface area contributed by atoms with Crippen molar-refractivity contribution >= 4 is 29.3 Å². The zero-order valence-electron chi connectivity index (χ0n) is 16.6. The molecule has 1 fully saturated rings. The van der Waals surface area contributed by atoms with Gasteiger partial charge in [0.1, 0.15) is 5.69 Å². The number of carbonyl (C=O) groups excluding carboxylic acids is 3. The Morgan fingerprint density at radius 3 is 2.55 bits per heavy atom. The Hall–Kier alpha value is -3.17. The molecule has 1 atom stereocenters. The molecule has 1 heterocycles. The maximum atomic E-state index is 12.2. The number of nitrogens with one attached hydrogen (secondary N) is 2. The van der Waals surface area contributed by atoms with E-state index in [9.17, 15) is 24.5 Å². The molecule has 0 aromatic heterocycles. The van der Waals surface area contributed by atoms with Crippen molar-refractivity contribution in [2.75, 3.05) is 24.6 Å². The summed E-state index contributed by atoms with van der Waals surface area (Å²) in [6.07, 6.45) is 3.70. The molecule has 1 aromatic carbocycles. The van der Waals surface area contributed by atoms with Gasteiger partial charge in [-0.15, -0.1) is 0 Å². The summed E-state index contributed by atoms with van der Waals surface area (Å²) in [5.74, 6) is -1.67. The van der Waals surface area contributed by atoms with E-state index in [1.807, 2.05) is 11.8 Å².